The molecule has 1 amide bonds. The number of rotatable bonds is 3. The van der Waals surface area contributed by atoms with Crippen LogP contribution in [0.5, 0.6) is 0 Å². The first-order valence-corrected chi connectivity index (χ1v) is 7.87. The summed E-state index contributed by atoms with van der Waals surface area (Å²) < 4.78 is 2.10. The van der Waals surface area contributed by atoms with Crippen LogP contribution in [-0.4, -0.2) is 37.2 Å². The summed E-state index contributed by atoms with van der Waals surface area (Å²) in [6, 6.07) is -0.163. The number of hydrogen-bond acceptors (Lipinski definition) is 4. The van der Waals surface area contributed by atoms with Crippen molar-refractivity contribution in [1.82, 2.24) is 19.4 Å². The molecule has 0 fully saturated rings. The number of aromatic nitrogens is 3. The zero-order valence-corrected chi connectivity index (χ0v) is 12.9. The van der Waals surface area contributed by atoms with Crippen LogP contribution < -0.4 is 0 Å². The molecule has 0 aliphatic carbocycles. The molecule has 0 saturated carbocycles. The molecule has 1 atom stereocenters. The van der Waals surface area contributed by atoms with Crippen molar-refractivity contribution in [3.63, 3.8) is 0 Å². The predicted molar refractivity (Wildman–Crippen MR) is 79.5 cm³/mol. The maximum Gasteiger partial charge on any atom is 0.407 e. The minimum Gasteiger partial charge on any atom is -0.465 e. The number of thiazole rings is 1. The second-order valence-electron chi connectivity index (χ2n) is 5.55. The van der Waals surface area contributed by atoms with Gasteiger partial charge in [0.15, 0.2) is 0 Å². The second kappa shape index (κ2) is 5.48. The van der Waals surface area contributed by atoms with E-state index in [9.17, 15) is 9.90 Å². The molecule has 21 heavy (non-hydrogen) atoms. The fraction of sp³-hybridized carbons (Fsp3) is 0.500. The molecule has 112 valence electrons. The van der Waals surface area contributed by atoms with Crippen molar-refractivity contribution in [1.29, 1.82) is 0 Å². The van der Waals surface area contributed by atoms with E-state index in [0.29, 0.717) is 19.5 Å². The average Bonchev–Trinajstić information content (AvgIpc) is 3.08. The van der Waals surface area contributed by atoms with Gasteiger partial charge < -0.3 is 9.67 Å². The Morgan fingerprint density at radius 3 is 2.95 bits per heavy atom. The Labute approximate surface area is 127 Å². The Balaban J connectivity index is 1.94. The lowest BCUT2D eigenvalue weighted by atomic mass is 9.93. The lowest BCUT2D eigenvalue weighted by Gasteiger charge is -2.35. The number of nitrogens with zero attached hydrogens (tertiary/aromatic N) is 4. The van der Waals surface area contributed by atoms with Crippen LogP contribution in [0.4, 0.5) is 4.79 Å². The maximum atomic E-state index is 11.4. The minimum atomic E-state index is -0.867. The zero-order chi connectivity index (χ0) is 15.0. The average molecular weight is 306 g/mol. The minimum absolute atomic E-state index is 0.163. The maximum absolute atomic E-state index is 11.4. The largest absolute Gasteiger partial charge is 0.465 e. The summed E-state index contributed by atoms with van der Waals surface area (Å²) in [4.78, 5) is 21.7. The van der Waals surface area contributed by atoms with Gasteiger partial charge in [0.05, 0.1) is 24.6 Å². The first kappa shape index (κ1) is 14.1. The van der Waals surface area contributed by atoms with E-state index in [0.717, 1.165) is 16.4 Å². The highest BCUT2D eigenvalue weighted by Crippen LogP contribution is 2.34. The van der Waals surface area contributed by atoms with Gasteiger partial charge in [-0.15, -0.1) is 11.3 Å². The van der Waals surface area contributed by atoms with Gasteiger partial charge >= 0.3 is 6.09 Å². The highest BCUT2D eigenvalue weighted by Gasteiger charge is 2.35. The summed E-state index contributed by atoms with van der Waals surface area (Å²) >= 11 is 1.62. The molecule has 3 heterocycles. The van der Waals surface area contributed by atoms with Crippen molar-refractivity contribution >= 4 is 17.4 Å². The molecular formula is C14H18N4O2S. The van der Waals surface area contributed by atoms with E-state index in [1.54, 1.807) is 17.5 Å². The van der Waals surface area contributed by atoms with Gasteiger partial charge in [-0.05, 0) is 5.92 Å². The van der Waals surface area contributed by atoms with Gasteiger partial charge in [0.1, 0.15) is 5.01 Å². The Bertz CT molecular complexity index is 635. The van der Waals surface area contributed by atoms with E-state index < -0.39 is 6.09 Å². The van der Waals surface area contributed by atoms with E-state index in [1.165, 1.54) is 4.90 Å². The predicted octanol–water partition coefficient (Wildman–Crippen LogP) is 2.62. The van der Waals surface area contributed by atoms with Gasteiger partial charge in [-0.2, -0.15) is 0 Å². The van der Waals surface area contributed by atoms with E-state index in [1.807, 2.05) is 25.6 Å². The first-order valence-electron chi connectivity index (χ1n) is 6.99. The summed E-state index contributed by atoms with van der Waals surface area (Å²) in [6.07, 6.45) is 3.45. The molecule has 1 aliphatic rings. The number of hydrogen-bond donors (Lipinski definition) is 1. The zero-order valence-electron chi connectivity index (χ0n) is 12.1. The van der Waals surface area contributed by atoms with Crippen LogP contribution >= 0.6 is 11.3 Å². The fourth-order valence-electron chi connectivity index (χ4n) is 2.96. The second-order valence-corrected chi connectivity index (χ2v) is 6.52. The number of imidazole rings is 1. The summed E-state index contributed by atoms with van der Waals surface area (Å²) in [5.74, 6) is 0.198. The van der Waals surface area contributed by atoms with Crippen LogP contribution in [0.15, 0.2) is 17.9 Å². The Morgan fingerprint density at radius 2 is 2.33 bits per heavy atom. The third-order valence-electron chi connectivity index (χ3n) is 3.85. The normalized spacial score (nSPS) is 18.0. The summed E-state index contributed by atoms with van der Waals surface area (Å²) in [5.41, 5.74) is 2.04. The van der Waals surface area contributed by atoms with Gasteiger partial charge in [0.25, 0.3) is 0 Å². The van der Waals surface area contributed by atoms with Crippen LogP contribution in [-0.2, 0) is 13.0 Å². The van der Waals surface area contributed by atoms with E-state index in [2.05, 4.69) is 14.5 Å². The SMILES string of the molecule is CC(C)C1c2ncn(Cc3nccs3)c2CCN1C(=O)O. The third kappa shape index (κ3) is 2.53. The smallest absolute Gasteiger partial charge is 0.407 e. The van der Waals surface area contributed by atoms with E-state index >= 15 is 0 Å². The molecule has 2 aromatic heterocycles. The van der Waals surface area contributed by atoms with Crippen molar-refractivity contribution in [3.8, 4) is 0 Å². The van der Waals surface area contributed by atoms with Crippen LogP contribution in [0.1, 0.15) is 36.3 Å². The molecule has 1 aliphatic heterocycles. The van der Waals surface area contributed by atoms with Crippen molar-refractivity contribution in [2.45, 2.75) is 32.9 Å². The standard InChI is InChI=1S/C14H18N4O2S/c1-9(2)13-12-10(3-5-18(13)14(19)20)17(8-16-12)7-11-15-4-6-21-11/h4,6,8-9,13H,3,5,7H2,1-2H3,(H,19,20). The molecule has 2 aromatic rings. The van der Waals surface area contributed by atoms with Crippen molar-refractivity contribution in [3.05, 3.63) is 34.3 Å². The number of carboxylic acid groups (broad SMARTS) is 1. The Hall–Kier alpha value is -1.89. The number of carbonyl (C=O) groups is 1. The molecule has 0 saturated heterocycles. The topological polar surface area (TPSA) is 71.2 Å². The Kier molecular flexibility index (Phi) is 3.67. The molecule has 0 spiro atoms. The lowest BCUT2D eigenvalue weighted by molar-refractivity contribution is 0.102. The van der Waals surface area contributed by atoms with Gasteiger partial charge in [-0.1, -0.05) is 13.8 Å². The highest BCUT2D eigenvalue weighted by molar-refractivity contribution is 7.09. The number of fused-ring (bicyclic) bond motifs is 1. The summed E-state index contributed by atoms with van der Waals surface area (Å²) in [5, 5.41) is 12.4. The summed E-state index contributed by atoms with van der Waals surface area (Å²) in [6.45, 7) is 5.30. The molecular weight excluding hydrogens is 288 g/mol. The molecule has 1 unspecified atom stereocenters. The highest BCUT2D eigenvalue weighted by atomic mass is 32.1. The van der Waals surface area contributed by atoms with Gasteiger partial charge in [0.2, 0.25) is 0 Å². The van der Waals surface area contributed by atoms with Crippen LogP contribution in [0, 0.1) is 5.92 Å². The van der Waals surface area contributed by atoms with E-state index in [-0.39, 0.29) is 12.0 Å². The van der Waals surface area contributed by atoms with Crippen LogP contribution in [0.25, 0.3) is 0 Å². The molecule has 7 heteroatoms. The first-order chi connectivity index (χ1) is 10.1. The number of amides is 1. The van der Waals surface area contributed by atoms with Crippen molar-refractivity contribution in [2.75, 3.05) is 6.54 Å². The summed E-state index contributed by atoms with van der Waals surface area (Å²) in [7, 11) is 0. The molecule has 1 N–H and O–H groups in total. The molecule has 0 aromatic carbocycles. The quantitative estimate of drug-likeness (QED) is 0.946. The van der Waals surface area contributed by atoms with Crippen LogP contribution in [0.3, 0.4) is 0 Å². The van der Waals surface area contributed by atoms with Gasteiger partial charge in [-0.3, -0.25) is 4.90 Å². The van der Waals surface area contributed by atoms with Crippen LogP contribution in [0.2, 0.25) is 0 Å². The lowest BCUT2D eigenvalue weighted by Crippen LogP contribution is -2.42. The fourth-order valence-corrected chi connectivity index (χ4v) is 3.57. The van der Waals surface area contributed by atoms with Crippen molar-refractivity contribution in [2.24, 2.45) is 5.92 Å². The third-order valence-corrected chi connectivity index (χ3v) is 4.61. The molecule has 0 bridgehead atoms. The monoisotopic (exact) mass is 306 g/mol. The molecule has 3 rings (SSSR count). The van der Waals surface area contributed by atoms with E-state index in [4.69, 9.17) is 0 Å². The van der Waals surface area contributed by atoms with Gasteiger partial charge in [0, 0.05) is 30.2 Å². The van der Waals surface area contributed by atoms with Crippen molar-refractivity contribution < 1.29 is 9.90 Å². The molecule has 0 radical (unpaired) electrons. The Morgan fingerprint density at radius 1 is 1.52 bits per heavy atom. The van der Waals surface area contributed by atoms with Gasteiger partial charge in [-0.25, -0.2) is 14.8 Å². The molecule has 6 nitrogen and oxygen atoms in total.